The highest BCUT2D eigenvalue weighted by molar-refractivity contribution is 7.99. The van der Waals surface area contributed by atoms with Crippen LogP contribution >= 0.6 is 11.8 Å². The summed E-state index contributed by atoms with van der Waals surface area (Å²) in [7, 11) is 0. The molecule has 2 atom stereocenters. The number of nitrogens with one attached hydrogen (secondary N) is 2. The summed E-state index contributed by atoms with van der Waals surface area (Å²) in [6.07, 6.45) is 6.97. The van der Waals surface area contributed by atoms with E-state index in [1.54, 1.807) is 0 Å². The number of hydrogen-bond donors (Lipinski definition) is 2. The maximum absolute atomic E-state index is 12.2. The molecule has 4 heteroatoms. The highest BCUT2D eigenvalue weighted by Crippen LogP contribution is 2.28. The Bertz CT molecular complexity index is 265. The minimum atomic E-state index is 0.255. The van der Waals surface area contributed by atoms with Crippen LogP contribution in [0.5, 0.6) is 0 Å². The van der Waals surface area contributed by atoms with E-state index < -0.39 is 0 Å². The van der Waals surface area contributed by atoms with Gasteiger partial charge in [-0.25, -0.2) is 0 Å². The zero-order valence-corrected chi connectivity index (χ0v) is 12.2. The molecule has 2 aliphatic rings. The predicted molar refractivity (Wildman–Crippen MR) is 77.9 cm³/mol. The van der Waals surface area contributed by atoms with Crippen LogP contribution in [-0.4, -0.2) is 36.0 Å². The lowest BCUT2D eigenvalue weighted by atomic mass is 9.92. The van der Waals surface area contributed by atoms with E-state index in [2.05, 4.69) is 29.3 Å². The quantitative estimate of drug-likeness (QED) is 0.822. The Morgan fingerprint density at radius 3 is 2.78 bits per heavy atom. The van der Waals surface area contributed by atoms with Crippen LogP contribution in [0.2, 0.25) is 0 Å². The van der Waals surface area contributed by atoms with Crippen LogP contribution in [0, 0.1) is 5.92 Å². The smallest absolute Gasteiger partial charge is 0.223 e. The molecule has 1 aliphatic carbocycles. The van der Waals surface area contributed by atoms with Crippen molar-refractivity contribution in [2.24, 2.45) is 5.92 Å². The molecular weight excluding hydrogens is 244 g/mol. The number of piperidine rings is 1. The SMILES string of the molecule is CCSC1CCCC(NC(=O)C2CCNCC2)C1. The maximum atomic E-state index is 12.2. The Balaban J connectivity index is 1.75. The van der Waals surface area contributed by atoms with Crippen molar-refractivity contribution in [2.75, 3.05) is 18.8 Å². The Morgan fingerprint density at radius 1 is 1.28 bits per heavy atom. The average molecular weight is 270 g/mol. The normalized spacial score (nSPS) is 30.1. The second-order valence-electron chi connectivity index (χ2n) is 5.47. The van der Waals surface area contributed by atoms with Crippen molar-refractivity contribution in [3.05, 3.63) is 0 Å². The number of thioether (sulfide) groups is 1. The summed E-state index contributed by atoms with van der Waals surface area (Å²) in [6, 6.07) is 0.435. The van der Waals surface area contributed by atoms with Gasteiger partial charge in [0.25, 0.3) is 0 Å². The molecule has 1 saturated carbocycles. The van der Waals surface area contributed by atoms with Crippen molar-refractivity contribution in [1.82, 2.24) is 10.6 Å². The van der Waals surface area contributed by atoms with Crippen LogP contribution in [0.1, 0.15) is 45.4 Å². The largest absolute Gasteiger partial charge is 0.353 e. The molecule has 1 heterocycles. The van der Waals surface area contributed by atoms with Crippen LogP contribution in [0.25, 0.3) is 0 Å². The van der Waals surface area contributed by atoms with Gasteiger partial charge in [-0.3, -0.25) is 4.79 Å². The summed E-state index contributed by atoms with van der Waals surface area (Å²) in [6.45, 7) is 4.22. The lowest BCUT2D eigenvalue weighted by Gasteiger charge is -2.31. The molecule has 104 valence electrons. The molecule has 1 aliphatic heterocycles. The first kappa shape index (κ1) is 14.2. The number of carbonyl (C=O) groups is 1. The van der Waals surface area contributed by atoms with E-state index in [1.165, 1.54) is 31.4 Å². The third-order valence-corrected chi connectivity index (χ3v) is 5.32. The van der Waals surface area contributed by atoms with E-state index in [0.29, 0.717) is 11.9 Å². The van der Waals surface area contributed by atoms with Crippen molar-refractivity contribution >= 4 is 17.7 Å². The fourth-order valence-electron chi connectivity index (χ4n) is 3.07. The molecule has 0 radical (unpaired) electrons. The van der Waals surface area contributed by atoms with Crippen LogP contribution < -0.4 is 10.6 Å². The molecule has 3 nitrogen and oxygen atoms in total. The molecule has 18 heavy (non-hydrogen) atoms. The monoisotopic (exact) mass is 270 g/mol. The van der Waals surface area contributed by atoms with Gasteiger partial charge in [-0.15, -0.1) is 0 Å². The maximum Gasteiger partial charge on any atom is 0.223 e. The first-order valence-corrected chi connectivity index (χ1v) is 8.47. The first-order chi connectivity index (χ1) is 8.79. The Hall–Kier alpha value is -0.220. The first-order valence-electron chi connectivity index (χ1n) is 7.42. The Morgan fingerprint density at radius 2 is 2.06 bits per heavy atom. The zero-order valence-electron chi connectivity index (χ0n) is 11.4. The van der Waals surface area contributed by atoms with Crippen LogP contribution in [-0.2, 0) is 4.79 Å². The predicted octanol–water partition coefficient (Wildman–Crippen LogP) is 2.17. The molecule has 0 aromatic heterocycles. The van der Waals surface area contributed by atoms with Crippen molar-refractivity contribution in [1.29, 1.82) is 0 Å². The van der Waals surface area contributed by atoms with Gasteiger partial charge in [0.15, 0.2) is 0 Å². The van der Waals surface area contributed by atoms with Crippen molar-refractivity contribution < 1.29 is 4.79 Å². The highest BCUT2D eigenvalue weighted by atomic mass is 32.2. The van der Waals surface area contributed by atoms with Gasteiger partial charge < -0.3 is 10.6 Å². The van der Waals surface area contributed by atoms with Crippen molar-refractivity contribution in [3.63, 3.8) is 0 Å². The summed E-state index contributed by atoms with van der Waals surface area (Å²) in [5, 5.41) is 7.38. The van der Waals surface area contributed by atoms with Crippen LogP contribution in [0.15, 0.2) is 0 Å². The van der Waals surface area contributed by atoms with Crippen LogP contribution in [0.4, 0.5) is 0 Å². The standard InChI is InChI=1S/C14H26N2OS/c1-2-18-13-5-3-4-12(10-13)16-14(17)11-6-8-15-9-7-11/h11-13,15H,2-10H2,1H3,(H,16,17). The lowest BCUT2D eigenvalue weighted by molar-refractivity contribution is -0.126. The summed E-state index contributed by atoms with van der Waals surface area (Å²) < 4.78 is 0. The van der Waals surface area contributed by atoms with Gasteiger partial charge in [-0.05, 0) is 50.9 Å². The van der Waals surface area contributed by atoms with Gasteiger partial charge in [0, 0.05) is 17.2 Å². The fraction of sp³-hybridized carbons (Fsp3) is 0.929. The summed E-state index contributed by atoms with van der Waals surface area (Å²) in [4.78, 5) is 12.2. The highest BCUT2D eigenvalue weighted by Gasteiger charge is 2.26. The summed E-state index contributed by atoms with van der Waals surface area (Å²) in [5.74, 6) is 1.76. The molecule has 2 N–H and O–H groups in total. The van der Waals surface area contributed by atoms with Gasteiger partial charge in [0.2, 0.25) is 5.91 Å². The van der Waals surface area contributed by atoms with Crippen molar-refractivity contribution in [3.8, 4) is 0 Å². The third-order valence-electron chi connectivity index (χ3n) is 4.08. The third kappa shape index (κ3) is 4.16. The van der Waals surface area contributed by atoms with Crippen LogP contribution in [0.3, 0.4) is 0 Å². The molecule has 1 saturated heterocycles. The van der Waals surface area contributed by atoms with Gasteiger partial charge in [0.05, 0.1) is 0 Å². The second-order valence-corrected chi connectivity index (χ2v) is 7.05. The topological polar surface area (TPSA) is 41.1 Å². The number of carbonyl (C=O) groups excluding carboxylic acids is 1. The molecule has 1 amide bonds. The number of rotatable bonds is 4. The second kappa shape index (κ2) is 7.39. The molecule has 0 aromatic carbocycles. The molecule has 0 spiro atoms. The molecule has 2 unspecified atom stereocenters. The molecule has 2 fully saturated rings. The van der Waals surface area contributed by atoms with E-state index >= 15 is 0 Å². The Kier molecular flexibility index (Phi) is 5.83. The van der Waals surface area contributed by atoms with E-state index in [0.717, 1.165) is 31.2 Å². The number of hydrogen-bond acceptors (Lipinski definition) is 3. The lowest BCUT2D eigenvalue weighted by Crippen LogP contribution is -2.44. The average Bonchev–Trinajstić information content (AvgIpc) is 2.40. The minimum Gasteiger partial charge on any atom is -0.353 e. The molecule has 2 rings (SSSR count). The van der Waals surface area contributed by atoms with Gasteiger partial charge in [-0.1, -0.05) is 13.3 Å². The molecule has 0 aromatic rings. The number of amides is 1. The Labute approximate surface area is 115 Å². The van der Waals surface area contributed by atoms with Gasteiger partial charge in [-0.2, -0.15) is 11.8 Å². The fourth-order valence-corrected chi connectivity index (χ4v) is 4.24. The van der Waals surface area contributed by atoms with E-state index in [-0.39, 0.29) is 5.92 Å². The summed E-state index contributed by atoms with van der Waals surface area (Å²) >= 11 is 2.06. The zero-order chi connectivity index (χ0) is 12.8. The summed E-state index contributed by atoms with van der Waals surface area (Å²) in [5.41, 5.74) is 0. The minimum absolute atomic E-state index is 0.255. The van der Waals surface area contributed by atoms with Crippen molar-refractivity contribution in [2.45, 2.75) is 56.7 Å². The van der Waals surface area contributed by atoms with Gasteiger partial charge in [0.1, 0.15) is 0 Å². The molecule has 0 bridgehead atoms. The van der Waals surface area contributed by atoms with E-state index in [9.17, 15) is 4.79 Å². The van der Waals surface area contributed by atoms with E-state index in [1.807, 2.05) is 0 Å². The molecular formula is C14H26N2OS. The van der Waals surface area contributed by atoms with E-state index in [4.69, 9.17) is 0 Å². The van der Waals surface area contributed by atoms with Gasteiger partial charge >= 0.3 is 0 Å².